The second-order valence-electron chi connectivity index (χ2n) is 7.71. The predicted molar refractivity (Wildman–Crippen MR) is 115 cm³/mol. The Kier molecular flexibility index (Phi) is 5.81. The molecule has 2 aromatic heterocycles. The number of nitrogens with zero attached hydrogens (tertiary/aromatic N) is 3. The van der Waals surface area contributed by atoms with Gasteiger partial charge in [-0.25, -0.2) is 4.98 Å². The van der Waals surface area contributed by atoms with Gasteiger partial charge in [-0.15, -0.1) is 0 Å². The second-order valence-corrected chi connectivity index (χ2v) is 7.71. The van der Waals surface area contributed by atoms with E-state index in [9.17, 15) is 9.59 Å². The highest BCUT2D eigenvalue weighted by Gasteiger charge is 2.27. The first-order chi connectivity index (χ1) is 14.5. The Hall–Kier alpha value is -3.19. The van der Waals surface area contributed by atoms with Gasteiger partial charge in [0.1, 0.15) is 17.9 Å². The highest BCUT2D eigenvalue weighted by Crippen LogP contribution is 2.19. The molecule has 3 heterocycles. The maximum atomic E-state index is 13.2. The molecular formula is C23H26N4O3. The van der Waals surface area contributed by atoms with E-state index in [1.165, 1.54) is 4.90 Å². The Morgan fingerprint density at radius 3 is 2.87 bits per heavy atom. The van der Waals surface area contributed by atoms with Crippen LogP contribution in [0.3, 0.4) is 0 Å². The van der Waals surface area contributed by atoms with E-state index in [1.54, 1.807) is 10.6 Å². The molecule has 4 rings (SSSR count). The zero-order valence-corrected chi connectivity index (χ0v) is 17.3. The zero-order valence-electron chi connectivity index (χ0n) is 17.3. The maximum absolute atomic E-state index is 13.2. The number of anilines is 1. The van der Waals surface area contributed by atoms with Crippen molar-refractivity contribution in [3.05, 3.63) is 65.6 Å². The van der Waals surface area contributed by atoms with Crippen molar-refractivity contribution >= 4 is 23.1 Å². The number of pyridine rings is 1. The normalized spacial score (nSPS) is 16.0. The lowest BCUT2D eigenvalue weighted by atomic mass is 10.1. The van der Waals surface area contributed by atoms with Crippen LogP contribution in [0.2, 0.25) is 0 Å². The summed E-state index contributed by atoms with van der Waals surface area (Å²) < 4.78 is 7.51. The van der Waals surface area contributed by atoms with Gasteiger partial charge in [-0.1, -0.05) is 18.2 Å². The smallest absolute Gasteiger partial charge is 0.274 e. The van der Waals surface area contributed by atoms with Gasteiger partial charge in [-0.05, 0) is 56.0 Å². The van der Waals surface area contributed by atoms with Crippen LogP contribution in [-0.2, 0) is 9.53 Å². The number of ether oxygens (including phenoxy) is 1. The third-order valence-electron chi connectivity index (χ3n) is 5.53. The SMILES string of the molecule is Cc1cccc(NC(=O)CN(CC2CCCO2)C(=O)c2cn3ccccc3n2)c1C. The van der Waals surface area contributed by atoms with Crippen LogP contribution in [0, 0.1) is 13.8 Å². The number of hydrogen-bond donors (Lipinski definition) is 1. The number of amides is 2. The number of fused-ring (bicyclic) bond motifs is 1. The Morgan fingerprint density at radius 2 is 2.10 bits per heavy atom. The molecule has 1 N–H and O–H groups in total. The minimum absolute atomic E-state index is 0.0556. The minimum atomic E-state index is -0.273. The Labute approximate surface area is 175 Å². The predicted octanol–water partition coefficient (Wildman–Crippen LogP) is 3.21. The van der Waals surface area contributed by atoms with Gasteiger partial charge in [0.25, 0.3) is 5.91 Å². The highest BCUT2D eigenvalue weighted by molar-refractivity contribution is 5.99. The third kappa shape index (κ3) is 4.36. The molecule has 7 nitrogen and oxygen atoms in total. The molecular weight excluding hydrogens is 380 g/mol. The molecule has 0 saturated carbocycles. The molecule has 0 aliphatic carbocycles. The lowest BCUT2D eigenvalue weighted by Crippen LogP contribution is -2.42. The number of aryl methyl sites for hydroxylation is 1. The molecule has 1 saturated heterocycles. The monoisotopic (exact) mass is 406 g/mol. The van der Waals surface area contributed by atoms with E-state index in [0.29, 0.717) is 24.5 Å². The molecule has 1 fully saturated rings. The number of carbonyl (C=O) groups is 2. The lowest BCUT2D eigenvalue weighted by Gasteiger charge is -2.24. The summed E-state index contributed by atoms with van der Waals surface area (Å²) in [6.07, 6.45) is 5.34. The summed E-state index contributed by atoms with van der Waals surface area (Å²) in [5.74, 6) is -0.510. The molecule has 0 spiro atoms. The standard InChI is InChI=1S/C23H26N4O3/c1-16-7-5-9-19(17(16)2)25-22(28)15-27(13-18-8-6-12-30-18)23(29)20-14-26-11-4-3-10-21(26)24-20/h3-5,7,9-11,14,18H,6,8,12-13,15H2,1-2H3,(H,25,28). The molecule has 1 unspecified atom stereocenters. The van der Waals surface area contributed by atoms with Crippen molar-refractivity contribution in [2.45, 2.75) is 32.8 Å². The number of nitrogens with one attached hydrogen (secondary N) is 1. The molecule has 3 aromatic rings. The van der Waals surface area contributed by atoms with Gasteiger partial charge in [0, 0.05) is 31.2 Å². The van der Waals surface area contributed by atoms with Crippen LogP contribution in [-0.4, -0.2) is 51.9 Å². The van der Waals surface area contributed by atoms with Gasteiger partial charge in [0.15, 0.2) is 0 Å². The quantitative estimate of drug-likeness (QED) is 0.682. The van der Waals surface area contributed by atoms with Gasteiger partial charge in [0.2, 0.25) is 5.91 Å². The van der Waals surface area contributed by atoms with Crippen molar-refractivity contribution in [2.75, 3.05) is 25.0 Å². The fraction of sp³-hybridized carbons (Fsp3) is 0.348. The number of hydrogen-bond acceptors (Lipinski definition) is 4. The molecule has 0 bridgehead atoms. The van der Waals surface area contributed by atoms with E-state index in [-0.39, 0.29) is 24.5 Å². The average Bonchev–Trinajstić information content (AvgIpc) is 3.40. The van der Waals surface area contributed by atoms with Crippen LogP contribution >= 0.6 is 0 Å². The fourth-order valence-corrected chi connectivity index (χ4v) is 3.70. The lowest BCUT2D eigenvalue weighted by molar-refractivity contribution is -0.117. The first-order valence-electron chi connectivity index (χ1n) is 10.2. The number of rotatable bonds is 6. The number of aromatic nitrogens is 2. The third-order valence-corrected chi connectivity index (χ3v) is 5.53. The summed E-state index contributed by atoms with van der Waals surface area (Å²) in [5, 5.41) is 2.94. The van der Waals surface area contributed by atoms with Crippen molar-refractivity contribution < 1.29 is 14.3 Å². The fourth-order valence-electron chi connectivity index (χ4n) is 3.70. The second kappa shape index (κ2) is 8.67. The maximum Gasteiger partial charge on any atom is 0.274 e. The molecule has 2 amide bonds. The van der Waals surface area contributed by atoms with Crippen molar-refractivity contribution in [1.82, 2.24) is 14.3 Å². The van der Waals surface area contributed by atoms with E-state index in [4.69, 9.17) is 4.74 Å². The average molecular weight is 406 g/mol. The van der Waals surface area contributed by atoms with E-state index < -0.39 is 0 Å². The van der Waals surface area contributed by atoms with Crippen LogP contribution in [0.1, 0.15) is 34.5 Å². The van der Waals surface area contributed by atoms with Crippen molar-refractivity contribution in [3.63, 3.8) is 0 Å². The van der Waals surface area contributed by atoms with Crippen LogP contribution < -0.4 is 5.32 Å². The summed E-state index contributed by atoms with van der Waals surface area (Å²) in [6, 6.07) is 11.4. The molecule has 7 heteroatoms. The number of benzene rings is 1. The molecule has 1 aliphatic rings. The molecule has 0 radical (unpaired) electrons. The van der Waals surface area contributed by atoms with E-state index >= 15 is 0 Å². The zero-order chi connectivity index (χ0) is 21.1. The van der Waals surface area contributed by atoms with Crippen molar-refractivity contribution in [2.24, 2.45) is 0 Å². The Balaban J connectivity index is 1.53. The summed E-state index contributed by atoms with van der Waals surface area (Å²) in [7, 11) is 0. The van der Waals surface area contributed by atoms with Gasteiger partial charge >= 0.3 is 0 Å². The van der Waals surface area contributed by atoms with Gasteiger partial charge in [-0.2, -0.15) is 0 Å². The largest absolute Gasteiger partial charge is 0.376 e. The summed E-state index contributed by atoms with van der Waals surface area (Å²) in [5.41, 5.74) is 3.89. The molecule has 156 valence electrons. The summed E-state index contributed by atoms with van der Waals surface area (Å²) in [4.78, 5) is 32.0. The molecule has 30 heavy (non-hydrogen) atoms. The minimum Gasteiger partial charge on any atom is -0.376 e. The molecule has 1 aliphatic heterocycles. The molecule has 1 atom stereocenters. The van der Waals surface area contributed by atoms with Crippen LogP contribution in [0.15, 0.2) is 48.8 Å². The number of imidazole rings is 1. The Bertz CT molecular complexity index is 1040. The van der Waals surface area contributed by atoms with Crippen molar-refractivity contribution in [1.29, 1.82) is 0 Å². The topological polar surface area (TPSA) is 75.9 Å². The van der Waals surface area contributed by atoms with Crippen LogP contribution in [0.5, 0.6) is 0 Å². The van der Waals surface area contributed by atoms with Gasteiger partial charge in [0.05, 0.1) is 6.10 Å². The van der Waals surface area contributed by atoms with E-state index in [1.807, 2.05) is 56.4 Å². The van der Waals surface area contributed by atoms with Crippen LogP contribution in [0.25, 0.3) is 5.65 Å². The number of carbonyl (C=O) groups excluding carboxylic acids is 2. The first-order valence-corrected chi connectivity index (χ1v) is 10.2. The highest BCUT2D eigenvalue weighted by atomic mass is 16.5. The molecule has 1 aromatic carbocycles. The first kappa shape index (κ1) is 20.1. The van der Waals surface area contributed by atoms with Crippen LogP contribution in [0.4, 0.5) is 5.69 Å². The Morgan fingerprint density at radius 1 is 1.23 bits per heavy atom. The van der Waals surface area contributed by atoms with E-state index in [0.717, 1.165) is 29.7 Å². The van der Waals surface area contributed by atoms with E-state index in [2.05, 4.69) is 10.3 Å². The van der Waals surface area contributed by atoms with Gasteiger partial charge in [-0.3, -0.25) is 9.59 Å². The van der Waals surface area contributed by atoms with Crippen molar-refractivity contribution in [3.8, 4) is 0 Å². The summed E-state index contributed by atoms with van der Waals surface area (Å²) >= 11 is 0. The summed E-state index contributed by atoms with van der Waals surface area (Å²) in [6.45, 7) is 4.97. The van der Waals surface area contributed by atoms with Gasteiger partial charge < -0.3 is 19.4 Å².